The number of ether oxygens (including phenoxy) is 1. The maximum Gasteiger partial charge on any atom is 0.137 e. The van der Waals surface area contributed by atoms with Crippen LogP contribution >= 0.6 is 0 Å². The summed E-state index contributed by atoms with van der Waals surface area (Å²) in [5.41, 5.74) is 5.34. The monoisotopic (exact) mass is 371 g/mol. The molecule has 0 aromatic carbocycles. The number of fused-ring (bicyclic) bond motifs is 1. The third-order valence-corrected chi connectivity index (χ3v) is 5.10. The highest BCUT2D eigenvalue weighted by atomic mass is 16.5. The Labute approximate surface area is 163 Å². The molecule has 0 aliphatic carbocycles. The molecule has 0 saturated carbocycles. The minimum absolute atomic E-state index is 0.0318. The van der Waals surface area contributed by atoms with Crippen LogP contribution in [0.15, 0.2) is 73.4 Å². The Morgan fingerprint density at radius 3 is 2.79 bits per heavy atom. The van der Waals surface area contributed by atoms with Gasteiger partial charge in [0.15, 0.2) is 0 Å². The molecule has 4 aromatic heterocycles. The van der Waals surface area contributed by atoms with E-state index in [4.69, 9.17) is 9.72 Å². The lowest BCUT2D eigenvalue weighted by molar-refractivity contribution is -0.0347. The normalized spacial score (nSPS) is 17.8. The van der Waals surface area contributed by atoms with E-state index in [1.807, 2.05) is 55.1 Å². The highest BCUT2D eigenvalue weighted by Crippen LogP contribution is 2.26. The summed E-state index contributed by atoms with van der Waals surface area (Å²) in [5.74, 6) is 0. The smallest absolute Gasteiger partial charge is 0.137 e. The molecule has 1 fully saturated rings. The van der Waals surface area contributed by atoms with Crippen LogP contribution in [0.2, 0.25) is 0 Å². The first-order chi connectivity index (χ1) is 13.9. The molecule has 140 valence electrons. The van der Waals surface area contributed by atoms with E-state index in [1.165, 1.54) is 5.56 Å². The van der Waals surface area contributed by atoms with Crippen molar-refractivity contribution >= 4 is 5.65 Å². The average Bonchev–Trinajstić information content (AvgIpc) is 3.20. The fourth-order valence-corrected chi connectivity index (χ4v) is 3.72. The third-order valence-electron chi connectivity index (χ3n) is 5.10. The van der Waals surface area contributed by atoms with Gasteiger partial charge in [0.2, 0.25) is 0 Å². The lowest BCUT2D eigenvalue weighted by Gasteiger charge is -2.32. The van der Waals surface area contributed by atoms with E-state index in [1.54, 1.807) is 0 Å². The minimum atomic E-state index is -0.0318. The molecular weight excluding hydrogens is 350 g/mol. The summed E-state index contributed by atoms with van der Waals surface area (Å²) < 4.78 is 8.20. The highest BCUT2D eigenvalue weighted by molar-refractivity contribution is 5.63. The first-order valence-electron chi connectivity index (χ1n) is 9.48. The molecule has 0 radical (unpaired) electrons. The van der Waals surface area contributed by atoms with Gasteiger partial charge in [0.1, 0.15) is 11.8 Å². The van der Waals surface area contributed by atoms with Crippen molar-refractivity contribution in [1.82, 2.24) is 24.3 Å². The van der Waals surface area contributed by atoms with Crippen LogP contribution in [0.5, 0.6) is 0 Å². The van der Waals surface area contributed by atoms with Crippen molar-refractivity contribution in [3.63, 3.8) is 0 Å². The number of hydrogen-bond donors (Lipinski definition) is 0. The Bertz CT molecular complexity index is 1060. The molecule has 1 aliphatic rings. The molecule has 0 spiro atoms. The molecule has 28 heavy (non-hydrogen) atoms. The molecule has 0 unspecified atom stereocenters. The topological polar surface area (TPSA) is 55.6 Å². The molecule has 1 aliphatic heterocycles. The first-order valence-corrected chi connectivity index (χ1v) is 9.48. The summed E-state index contributed by atoms with van der Waals surface area (Å²) >= 11 is 0. The van der Waals surface area contributed by atoms with Crippen molar-refractivity contribution in [2.75, 3.05) is 19.7 Å². The Kier molecular flexibility index (Phi) is 4.56. The number of aromatic nitrogens is 4. The second-order valence-electron chi connectivity index (χ2n) is 7.00. The molecule has 5 rings (SSSR count). The summed E-state index contributed by atoms with van der Waals surface area (Å²) in [4.78, 5) is 15.6. The number of morpholine rings is 1. The van der Waals surface area contributed by atoms with Crippen molar-refractivity contribution in [3.05, 3.63) is 84.7 Å². The maximum absolute atomic E-state index is 6.06. The van der Waals surface area contributed by atoms with Crippen LogP contribution in [0.4, 0.5) is 0 Å². The highest BCUT2D eigenvalue weighted by Gasteiger charge is 2.24. The van der Waals surface area contributed by atoms with Gasteiger partial charge >= 0.3 is 0 Å². The van der Waals surface area contributed by atoms with Crippen molar-refractivity contribution in [2.24, 2.45) is 0 Å². The van der Waals surface area contributed by atoms with E-state index in [2.05, 4.69) is 37.6 Å². The molecular formula is C22H21N5O. The second-order valence-corrected chi connectivity index (χ2v) is 7.00. The number of nitrogens with zero attached hydrogens (tertiary/aromatic N) is 5. The third kappa shape index (κ3) is 3.40. The molecule has 1 saturated heterocycles. The largest absolute Gasteiger partial charge is 0.369 e. The van der Waals surface area contributed by atoms with Gasteiger partial charge in [0.05, 0.1) is 18.0 Å². The summed E-state index contributed by atoms with van der Waals surface area (Å²) in [6.07, 6.45) is 9.43. The molecule has 6 nitrogen and oxygen atoms in total. The van der Waals surface area contributed by atoms with Gasteiger partial charge in [-0.3, -0.25) is 19.3 Å². The molecule has 0 bridgehead atoms. The Balaban J connectivity index is 1.41. The van der Waals surface area contributed by atoms with Crippen LogP contribution in [0, 0.1) is 0 Å². The lowest BCUT2D eigenvalue weighted by Crippen LogP contribution is -2.37. The van der Waals surface area contributed by atoms with Crippen LogP contribution in [-0.4, -0.2) is 43.9 Å². The lowest BCUT2D eigenvalue weighted by atomic mass is 10.1. The zero-order valence-electron chi connectivity index (χ0n) is 15.5. The molecule has 0 N–H and O–H groups in total. The van der Waals surface area contributed by atoms with Crippen molar-refractivity contribution in [1.29, 1.82) is 0 Å². The summed E-state index contributed by atoms with van der Waals surface area (Å²) in [7, 11) is 0. The Hall–Kier alpha value is -3.09. The Morgan fingerprint density at radius 2 is 1.93 bits per heavy atom. The van der Waals surface area contributed by atoms with Crippen LogP contribution in [0.3, 0.4) is 0 Å². The predicted octanol–water partition coefficient (Wildman–Crippen LogP) is 3.36. The zero-order chi connectivity index (χ0) is 18.8. The standard InChI is InChI=1S/C22H21N5O/c1-4-20(18-6-9-23-10-7-18)27-15-19(25-22(27)5-1)21-16-26(11-12-28-21)14-17-3-2-8-24-13-17/h1-10,13,15,21H,11-12,14,16H2/t21-/m0/s1. The van der Waals surface area contributed by atoms with Gasteiger partial charge in [-0.1, -0.05) is 12.1 Å². The van der Waals surface area contributed by atoms with Gasteiger partial charge in [-0.05, 0) is 35.9 Å². The minimum Gasteiger partial charge on any atom is -0.369 e. The van der Waals surface area contributed by atoms with Gasteiger partial charge in [0, 0.05) is 56.2 Å². The van der Waals surface area contributed by atoms with Gasteiger partial charge in [-0.25, -0.2) is 4.98 Å². The van der Waals surface area contributed by atoms with E-state index in [0.717, 1.165) is 42.2 Å². The Morgan fingerprint density at radius 1 is 1.00 bits per heavy atom. The van der Waals surface area contributed by atoms with Crippen LogP contribution in [-0.2, 0) is 11.3 Å². The number of imidazole rings is 1. The number of pyridine rings is 3. The van der Waals surface area contributed by atoms with Gasteiger partial charge < -0.3 is 4.74 Å². The average molecular weight is 371 g/mol. The fourth-order valence-electron chi connectivity index (χ4n) is 3.72. The molecule has 5 heterocycles. The molecule has 6 heteroatoms. The van der Waals surface area contributed by atoms with Gasteiger partial charge in [0.25, 0.3) is 0 Å². The van der Waals surface area contributed by atoms with Gasteiger partial charge in [-0.15, -0.1) is 0 Å². The SMILES string of the molecule is c1cncc(CN2CCO[C@H](c3cn4c(-c5ccncc5)cccc4n3)C2)c1. The molecule has 1 atom stereocenters. The summed E-state index contributed by atoms with van der Waals surface area (Å²) in [6.45, 7) is 3.32. The summed E-state index contributed by atoms with van der Waals surface area (Å²) in [5, 5.41) is 0. The van der Waals surface area contributed by atoms with E-state index < -0.39 is 0 Å². The van der Waals surface area contributed by atoms with Crippen molar-refractivity contribution in [3.8, 4) is 11.3 Å². The van der Waals surface area contributed by atoms with E-state index in [9.17, 15) is 0 Å². The number of hydrogen-bond acceptors (Lipinski definition) is 5. The van der Waals surface area contributed by atoms with Crippen molar-refractivity contribution < 1.29 is 4.74 Å². The maximum atomic E-state index is 6.06. The van der Waals surface area contributed by atoms with Crippen molar-refractivity contribution in [2.45, 2.75) is 12.6 Å². The predicted molar refractivity (Wildman–Crippen MR) is 107 cm³/mol. The van der Waals surface area contributed by atoms with E-state index in [0.29, 0.717) is 6.61 Å². The second kappa shape index (κ2) is 7.50. The van der Waals surface area contributed by atoms with Crippen LogP contribution < -0.4 is 0 Å². The van der Waals surface area contributed by atoms with Gasteiger partial charge in [-0.2, -0.15) is 0 Å². The van der Waals surface area contributed by atoms with E-state index in [-0.39, 0.29) is 6.10 Å². The zero-order valence-corrected chi connectivity index (χ0v) is 15.5. The molecule has 0 amide bonds. The first kappa shape index (κ1) is 17.0. The summed E-state index contributed by atoms with van der Waals surface area (Å²) in [6, 6.07) is 14.3. The molecule has 4 aromatic rings. The van der Waals surface area contributed by atoms with Crippen LogP contribution in [0.1, 0.15) is 17.4 Å². The fraction of sp³-hybridized carbons (Fsp3) is 0.227. The van der Waals surface area contributed by atoms with Crippen LogP contribution in [0.25, 0.3) is 16.9 Å². The van der Waals surface area contributed by atoms with E-state index >= 15 is 0 Å². The quantitative estimate of drug-likeness (QED) is 0.551. The number of rotatable bonds is 4.